The van der Waals surface area contributed by atoms with Crippen LogP contribution in [0.15, 0.2) is 12.1 Å². The summed E-state index contributed by atoms with van der Waals surface area (Å²) in [6, 6.07) is 4.06. The summed E-state index contributed by atoms with van der Waals surface area (Å²) in [7, 11) is 0.104. The molecule has 3 rings (SSSR count). The van der Waals surface area contributed by atoms with Gasteiger partial charge in [0.25, 0.3) is 0 Å². The van der Waals surface area contributed by atoms with E-state index in [1.165, 1.54) is 5.56 Å². The lowest BCUT2D eigenvalue weighted by Gasteiger charge is -2.47. The van der Waals surface area contributed by atoms with E-state index >= 15 is 0 Å². The molecule has 1 saturated heterocycles. The molecule has 0 amide bonds. The fraction of sp³-hybridized carbons (Fsp3) is 0.647. The zero-order valence-electron chi connectivity index (χ0n) is 15.1. The Morgan fingerprint density at radius 2 is 1.88 bits per heavy atom. The number of hydrogen-bond acceptors (Lipinski definition) is 4. The van der Waals surface area contributed by atoms with Crippen molar-refractivity contribution in [3.63, 3.8) is 0 Å². The van der Waals surface area contributed by atoms with Crippen LogP contribution in [0.2, 0.25) is 0 Å². The van der Waals surface area contributed by atoms with Crippen molar-refractivity contribution in [2.45, 2.75) is 18.9 Å². The maximum absolute atomic E-state index is 13.8. The minimum absolute atomic E-state index is 0.0197. The number of rotatable bonds is 7. The second-order valence-corrected chi connectivity index (χ2v) is 9.35. The number of fused-ring (bicyclic) bond motifs is 3. The molecule has 0 aliphatic carbocycles. The molecule has 2 aliphatic rings. The van der Waals surface area contributed by atoms with Crippen LogP contribution in [0, 0.1) is 0 Å². The van der Waals surface area contributed by atoms with Gasteiger partial charge in [0.2, 0.25) is 0 Å². The molecular weight excluding hydrogens is 398 g/mol. The molecule has 146 valence electrons. The van der Waals surface area contributed by atoms with E-state index in [1.807, 2.05) is 21.5 Å². The second-order valence-electron chi connectivity index (χ2n) is 6.28. The van der Waals surface area contributed by atoms with Gasteiger partial charge in [0.15, 0.2) is 11.5 Å². The third kappa shape index (κ3) is 3.60. The molecule has 2 atom stereocenters. The molecule has 2 aliphatic heterocycles. The zero-order chi connectivity index (χ0) is 18.7. The molecule has 0 N–H and O–H groups in total. The zero-order valence-corrected chi connectivity index (χ0v) is 17.5. The Balaban J connectivity index is 1.98. The molecule has 1 aromatic rings. The highest BCUT2D eigenvalue weighted by Gasteiger charge is 2.47. The number of hydrogen-bond donors (Lipinski definition) is 0. The van der Waals surface area contributed by atoms with E-state index < -0.39 is 7.67 Å². The van der Waals surface area contributed by atoms with Gasteiger partial charge < -0.3 is 14.0 Å². The Kier molecular flexibility index (Phi) is 6.76. The van der Waals surface area contributed by atoms with Crippen LogP contribution in [0.1, 0.15) is 23.6 Å². The molecule has 26 heavy (non-hydrogen) atoms. The van der Waals surface area contributed by atoms with Gasteiger partial charge in [-0.2, -0.15) is 0 Å². The minimum atomic E-state index is -3.16. The van der Waals surface area contributed by atoms with Gasteiger partial charge in [0.05, 0.1) is 20.8 Å². The highest BCUT2D eigenvalue weighted by atomic mass is 35.5. The Labute approximate surface area is 164 Å². The lowest BCUT2D eigenvalue weighted by Crippen LogP contribution is -2.43. The van der Waals surface area contributed by atoms with Crippen LogP contribution in [-0.2, 0) is 15.5 Å². The van der Waals surface area contributed by atoms with Gasteiger partial charge in [0, 0.05) is 37.4 Å². The molecule has 0 aromatic heterocycles. The maximum atomic E-state index is 13.8. The summed E-state index contributed by atoms with van der Waals surface area (Å²) < 4.78 is 34.4. The number of methoxy groups -OCH3 is 2. The Hall–Kier alpha value is -0.490. The largest absolute Gasteiger partial charge is 0.493 e. The molecule has 1 aromatic carbocycles. The van der Waals surface area contributed by atoms with Crippen molar-refractivity contribution < 1.29 is 18.6 Å². The molecule has 0 spiro atoms. The number of alkyl halides is 2. The predicted octanol–water partition coefficient (Wildman–Crippen LogP) is 3.91. The van der Waals surface area contributed by atoms with E-state index in [2.05, 4.69) is 0 Å². The summed E-state index contributed by atoms with van der Waals surface area (Å²) >= 11 is 11.9. The van der Waals surface area contributed by atoms with Crippen LogP contribution in [0.25, 0.3) is 0 Å². The monoisotopic (exact) mass is 422 g/mol. The van der Waals surface area contributed by atoms with Crippen LogP contribution < -0.4 is 9.47 Å². The number of ether oxygens (including phenoxy) is 2. The summed E-state index contributed by atoms with van der Waals surface area (Å²) in [6.07, 6.45) is 1.55. The van der Waals surface area contributed by atoms with Crippen molar-refractivity contribution in [1.82, 2.24) is 9.34 Å². The molecular formula is C17H25Cl2N2O4P. The Bertz CT molecular complexity index is 685. The van der Waals surface area contributed by atoms with Gasteiger partial charge in [-0.15, -0.1) is 23.2 Å². The first-order valence-electron chi connectivity index (χ1n) is 8.73. The van der Waals surface area contributed by atoms with Gasteiger partial charge in [-0.25, -0.2) is 9.34 Å². The number of benzene rings is 1. The quantitative estimate of drug-likeness (QED) is 0.490. The first kappa shape index (κ1) is 20.2. The molecule has 9 heteroatoms. The van der Waals surface area contributed by atoms with Crippen molar-refractivity contribution >= 4 is 30.9 Å². The summed E-state index contributed by atoms with van der Waals surface area (Å²) in [4.78, 5) is 0. The molecule has 0 radical (unpaired) electrons. The van der Waals surface area contributed by atoms with Crippen molar-refractivity contribution in [2.75, 3.05) is 52.2 Å². The lowest BCUT2D eigenvalue weighted by atomic mass is 9.92. The minimum Gasteiger partial charge on any atom is -0.493 e. The first-order chi connectivity index (χ1) is 12.6. The van der Waals surface area contributed by atoms with Crippen LogP contribution in [0.3, 0.4) is 0 Å². The van der Waals surface area contributed by atoms with E-state index in [0.717, 1.165) is 24.2 Å². The fourth-order valence-electron chi connectivity index (χ4n) is 3.78. The molecule has 0 saturated carbocycles. The summed E-state index contributed by atoms with van der Waals surface area (Å²) in [6.45, 7) is 2.06. The van der Waals surface area contributed by atoms with Crippen LogP contribution in [0.4, 0.5) is 0 Å². The van der Waals surface area contributed by atoms with E-state index in [4.69, 9.17) is 37.2 Å². The topological polar surface area (TPSA) is 51.2 Å². The normalized spacial score (nSPS) is 25.7. The molecule has 0 bridgehead atoms. The lowest BCUT2D eigenvalue weighted by molar-refractivity contribution is 0.121. The van der Waals surface area contributed by atoms with Gasteiger partial charge in [-0.05, 0) is 36.1 Å². The van der Waals surface area contributed by atoms with E-state index in [-0.39, 0.29) is 6.04 Å². The first-order valence-corrected chi connectivity index (χ1v) is 11.3. The van der Waals surface area contributed by atoms with Crippen molar-refractivity contribution in [2.24, 2.45) is 0 Å². The van der Waals surface area contributed by atoms with Gasteiger partial charge in [0.1, 0.15) is 0 Å². The average Bonchev–Trinajstić information content (AvgIpc) is 2.66. The highest BCUT2D eigenvalue weighted by molar-refractivity contribution is 7.54. The highest BCUT2D eigenvalue weighted by Crippen LogP contribution is 2.62. The van der Waals surface area contributed by atoms with Crippen LogP contribution in [0.5, 0.6) is 11.5 Å². The summed E-state index contributed by atoms with van der Waals surface area (Å²) in [5, 5.41) is 0. The van der Waals surface area contributed by atoms with Crippen molar-refractivity contribution in [3.05, 3.63) is 23.3 Å². The van der Waals surface area contributed by atoms with Gasteiger partial charge in [-0.1, -0.05) is 0 Å². The standard InChI is InChI=1S/C17H25Cl2N2O4P/c1-23-16-11-13-3-7-21-15(14(13)12-17(16)24-2)4-10-25-26(21,22)20(8-5-18)9-6-19/h11-12,15H,3-10H2,1-2H3. The number of nitrogens with zero attached hydrogens (tertiary/aromatic N) is 2. The average molecular weight is 423 g/mol. The third-order valence-corrected chi connectivity index (χ3v) is 8.09. The van der Waals surface area contributed by atoms with E-state index in [0.29, 0.717) is 43.8 Å². The smallest absolute Gasteiger partial charge is 0.346 e. The molecule has 2 heterocycles. The Morgan fingerprint density at radius 1 is 1.23 bits per heavy atom. The van der Waals surface area contributed by atoms with Crippen molar-refractivity contribution in [1.29, 1.82) is 0 Å². The van der Waals surface area contributed by atoms with Crippen molar-refractivity contribution in [3.8, 4) is 11.5 Å². The summed E-state index contributed by atoms with van der Waals surface area (Å²) in [5.41, 5.74) is 2.34. The van der Waals surface area contributed by atoms with E-state index in [1.54, 1.807) is 14.2 Å². The second kappa shape index (κ2) is 8.68. The molecule has 2 unspecified atom stereocenters. The fourth-order valence-corrected chi connectivity index (χ4v) is 7.06. The van der Waals surface area contributed by atoms with E-state index in [9.17, 15) is 4.57 Å². The maximum Gasteiger partial charge on any atom is 0.346 e. The Morgan fingerprint density at radius 3 is 2.50 bits per heavy atom. The predicted molar refractivity (Wildman–Crippen MR) is 104 cm³/mol. The molecule has 1 fully saturated rings. The number of halogens is 2. The van der Waals surface area contributed by atoms with Crippen LogP contribution >= 0.6 is 30.9 Å². The van der Waals surface area contributed by atoms with Crippen LogP contribution in [-0.4, -0.2) is 61.6 Å². The SMILES string of the molecule is COc1cc2c(cc1OC)C1CCOP(=O)(N(CCCl)CCCl)N1CC2. The summed E-state index contributed by atoms with van der Waals surface area (Å²) in [5.74, 6) is 2.17. The third-order valence-electron chi connectivity index (χ3n) is 4.99. The van der Waals surface area contributed by atoms with Gasteiger partial charge >= 0.3 is 7.67 Å². The van der Waals surface area contributed by atoms with Gasteiger partial charge in [-0.3, -0.25) is 4.57 Å². The molecule has 6 nitrogen and oxygen atoms in total.